The van der Waals surface area contributed by atoms with Gasteiger partial charge in [-0.25, -0.2) is 9.48 Å². The summed E-state index contributed by atoms with van der Waals surface area (Å²) in [6.07, 6.45) is -2.15. The molecule has 0 aromatic carbocycles. The molecule has 9 nitrogen and oxygen atoms in total. The second kappa shape index (κ2) is 5.88. The van der Waals surface area contributed by atoms with Gasteiger partial charge >= 0.3 is 5.97 Å². The number of hydrogen-bond donors (Lipinski definition) is 4. The molecule has 10 heteroatoms. The SMILES string of the molecule is BC[C@H]1OC(CO)[C@H](O)[C@H](n2cc(C(=O)O)nn2)C1O. The number of aliphatic hydroxyl groups is 3. The van der Waals surface area contributed by atoms with E-state index in [2.05, 4.69) is 10.3 Å². The van der Waals surface area contributed by atoms with Crippen LogP contribution in [0.15, 0.2) is 6.20 Å². The lowest BCUT2D eigenvalue weighted by Gasteiger charge is -2.42. The highest BCUT2D eigenvalue weighted by atomic mass is 16.5. The molecule has 0 radical (unpaired) electrons. The molecule has 0 aliphatic carbocycles. The summed E-state index contributed by atoms with van der Waals surface area (Å²) in [4.78, 5) is 10.8. The summed E-state index contributed by atoms with van der Waals surface area (Å²) < 4.78 is 6.49. The quantitative estimate of drug-likeness (QED) is 0.431. The highest BCUT2D eigenvalue weighted by molar-refractivity contribution is 6.08. The highest BCUT2D eigenvalue weighted by Gasteiger charge is 2.45. The van der Waals surface area contributed by atoms with Crippen LogP contribution < -0.4 is 0 Å². The molecule has 0 amide bonds. The van der Waals surface area contributed by atoms with Crippen molar-refractivity contribution in [1.82, 2.24) is 15.0 Å². The molecule has 0 spiro atoms. The molecule has 5 atom stereocenters. The minimum Gasteiger partial charge on any atom is -0.476 e. The topological polar surface area (TPSA) is 138 Å². The fraction of sp³-hybridized carbons (Fsp3) is 0.700. The molecule has 1 aliphatic rings. The van der Waals surface area contributed by atoms with Gasteiger partial charge in [0.15, 0.2) is 5.69 Å². The van der Waals surface area contributed by atoms with Crippen LogP contribution in [0.2, 0.25) is 6.32 Å². The lowest BCUT2D eigenvalue weighted by Crippen LogP contribution is -2.55. The van der Waals surface area contributed by atoms with Gasteiger partial charge in [0.2, 0.25) is 0 Å². The van der Waals surface area contributed by atoms with Gasteiger partial charge in [-0.2, -0.15) is 0 Å². The van der Waals surface area contributed by atoms with E-state index in [1.165, 1.54) is 0 Å². The van der Waals surface area contributed by atoms with Crippen molar-refractivity contribution in [3.8, 4) is 0 Å². The Morgan fingerprint density at radius 2 is 2.05 bits per heavy atom. The second-order valence-corrected chi connectivity index (χ2v) is 4.66. The Morgan fingerprint density at radius 3 is 2.55 bits per heavy atom. The van der Waals surface area contributed by atoms with Crippen LogP contribution in [0, 0.1) is 0 Å². The summed E-state index contributed by atoms with van der Waals surface area (Å²) in [7, 11) is 1.79. The van der Waals surface area contributed by atoms with Gasteiger partial charge < -0.3 is 25.2 Å². The van der Waals surface area contributed by atoms with Crippen molar-refractivity contribution < 1.29 is 30.0 Å². The van der Waals surface area contributed by atoms with Crippen molar-refractivity contribution in [3.05, 3.63) is 11.9 Å². The number of aromatic nitrogens is 3. The second-order valence-electron chi connectivity index (χ2n) is 4.66. The first-order valence-corrected chi connectivity index (χ1v) is 6.27. The smallest absolute Gasteiger partial charge is 0.358 e. The van der Waals surface area contributed by atoms with Crippen molar-refractivity contribution in [2.75, 3.05) is 6.61 Å². The Kier molecular flexibility index (Phi) is 4.38. The molecule has 1 aromatic rings. The van der Waals surface area contributed by atoms with E-state index in [9.17, 15) is 20.1 Å². The number of hydrogen-bond acceptors (Lipinski definition) is 7. The van der Waals surface area contributed by atoms with Gasteiger partial charge in [-0.3, -0.25) is 0 Å². The largest absolute Gasteiger partial charge is 0.476 e. The summed E-state index contributed by atoms with van der Waals surface area (Å²) in [5.41, 5.74) is -0.288. The zero-order valence-corrected chi connectivity index (χ0v) is 10.8. The molecule has 2 rings (SSSR count). The zero-order valence-electron chi connectivity index (χ0n) is 10.8. The van der Waals surface area contributed by atoms with Crippen molar-refractivity contribution in [2.24, 2.45) is 0 Å². The van der Waals surface area contributed by atoms with Crippen molar-refractivity contribution in [1.29, 1.82) is 0 Å². The van der Waals surface area contributed by atoms with Crippen molar-refractivity contribution in [3.63, 3.8) is 0 Å². The molecule has 1 fully saturated rings. The van der Waals surface area contributed by atoms with Gasteiger partial charge in [-0.05, 0) is 0 Å². The molecule has 0 saturated carbocycles. The van der Waals surface area contributed by atoms with Crippen LogP contribution in [0.25, 0.3) is 0 Å². The van der Waals surface area contributed by atoms with E-state index in [1.54, 1.807) is 7.85 Å². The van der Waals surface area contributed by atoms with Crippen LogP contribution in [-0.2, 0) is 4.74 Å². The van der Waals surface area contributed by atoms with Gasteiger partial charge in [-0.1, -0.05) is 11.5 Å². The van der Waals surface area contributed by atoms with E-state index in [0.29, 0.717) is 6.32 Å². The summed E-state index contributed by atoms with van der Waals surface area (Å²) in [6, 6.07) is -0.925. The monoisotopic (exact) mass is 285 g/mol. The van der Waals surface area contributed by atoms with E-state index >= 15 is 0 Å². The number of aliphatic hydroxyl groups excluding tert-OH is 3. The van der Waals surface area contributed by atoms with Gasteiger partial charge in [0.1, 0.15) is 32.2 Å². The first-order chi connectivity index (χ1) is 9.49. The predicted octanol–water partition coefficient (Wildman–Crippen LogP) is -2.95. The number of carboxylic acid groups (broad SMARTS) is 1. The Morgan fingerprint density at radius 1 is 1.40 bits per heavy atom. The normalized spacial score (nSPS) is 34.0. The van der Waals surface area contributed by atoms with Gasteiger partial charge in [0.05, 0.1) is 18.9 Å². The number of aromatic carboxylic acids is 1. The maximum absolute atomic E-state index is 10.8. The van der Waals surface area contributed by atoms with Crippen molar-refractivity contribution in [2.45, 2.75) is 36.8 Å². The predicted molar refractivity (Wildman–Crippen MR) is 67.1 cm³/mol. The summed E-state index contributed by atoms with van der Waals surface area (Å²) >= 11 is 0. The van der Waals surface area contributed by atoms with Gasteiger partial charge in [0, 0.05) is 0 Å². The van der Waals surface area contributed by atoms with Crippen LogP contribution in [0.5, 0.6) is 0 Å². The van der Waals surface area contributed by atoms with E-state index in [-0.39, 0.29) is 5.69 Å². The minimum atomic E-state index is -1.25. The first kappa shape index (κ1) is 14.9. The molecular weight excluding hydrogens is 269 g/mol. The minimum absolute atomic E-state index is 0.288. The maximum atomic E-state index is 10.8. The summed E-state index contributed by atoms with van der Waals surface area (Å²) in [6.45, 7) is -0.415. The van der Waals surface area contributed by atoms with E-state index in [4.69, 9.17) is 9.84 Å². The molecule has 1 saturated heterocycles. The van der Waals surface area contributed by atoms with Crippen LogP contribution in [0.4, 0.5) is 0 Å². The van der Waals surface area contributed by atoms with Gasteiger partial charge in [-0.15, -0.1) is 5.10 Å². The Labute approximate surface area is 115 Å². The number of rotatable bonds is 4. The molecule has 20 heavy (non-hydrogen) atoms. The molecule has 1 aliphatic heterocycles. The Bertz CT molecular complexity index is 467. The third-order valence-corrected chi connectivity index (χ3v) is 3.43. The molecular formula is C10H16BN3O6. The summed E-state index contributed by atoms with van der Waals surface area (Å²) in [5.74, 6) is -1.25. The molecule has 4 N–H and O–H groups in total. The van der Waals surface area contributed by atoms with E-state index in [1.807, 2.05) is 0 Å². The fourth-order valence-corrected chi connectivity index (χ4v) is 2.35. The average molecular weight is 285 g/mol. The number of carbonyl (C=O) groups is 1. The van der Waals surface area contributed by atoms with Crippen LogP contribution >= 0.6 is 0 Å². The molecule has 1 aromatic heterocycles. The van der Waals surface area contributed by atoms with Crippen LogP contribution in [0.1, 0.15) is 16.5 Å². The Balaban J connectivity index is 2.31. The third-order valence-electron chi connectivity index (χ3n) is 3.43. The first-order valence-electron chi connectivity index (χ1n) is 6.27. The van der Waals surface area contributed by atoms with Crippen LogP contribution in [-0.4, -0.2) is 80.3 Å². The average Bonchev–Trinajstić information content (AvgIpc) is 2.89. The highest BCUT2D eigenvalue weighted by Crippen LogP contribution is 2.30. The lowest BCUT2D eigenvalue weighted by atomic mass is 9.86. The molecule has 0 bridgehead atoms. The molecule has 110 valence electrons. The van der Waals surface area contributed by atoms with Crippen molar-refractivity contribution >= 4 is 13.8 Å². The van der Waals surface area contributed by atoms with E-state index < -0.39 is 43.0 Å². The molecule has 2 unspecified atom stereocenters. The molecule has 2 heterocycles. The number of nitrogens with zero attached hydrogens (tertiary/aromatic N) is 3. The van der Waals surface area contributed by atoms with E-state index in [0.717, 1.165) is 10.9 Å². The number of carboxylic acids is 1. The standard InChI is InChI=1S/C10H16BN3O6/c11-1-5-8(16)7(9(17)6(3-15)20-5)14-2-4(10(18)19)12-13-14/h2,5-9,15-17H,1,3,11H2,(H,18,19)/t5-,6?,7-,8?,9+/m1/s1. The third kappa shape index (κ3) is 2.55. The van der Waals surface area contributed by atoms with Crippen LogP contribution in [0.3, 0.4) is 0 Å². The lowest BCUT2D eigenvalue weighted by molar-refractivity contribution is -0.199. The van der Waals surface area contributed by atoms with Gasteiger partial charge in [0.25, 0.3) is 0 Å². The summed E-state index contributed by atoms with van der Waals surface area (Å²) in [5, 5.41) is 45.5. The number of ether oxygens (including phenoxy) is 1. The maximum Gasteiger partial charge on any atom is 0.358 e. The Hall–Kier alpha value is -1.49. The zero-order chi connectivity index (χ0) is 14.9. The fourth-order valence-electron chi connectivity index (χ4n) is 2.35.